The van der Waals surface area contributed by atoms with Crippen molar-refractivity contribution in [1.29, 1.82) is 0 Å². The second-order valence-corrected chi connectivity index (χ2v) is 7.04. The van der Waals surface area contributed by atoms with Crippen LogP contribution in [0.1, 0.15) is 25.5 Å². The summed E-state index contributed by atoms with van der Waals surface area (Å²) in [6, 6.07) is 6.41. The Morgan fingerprint density at radius 3 is 2.85 bits per heavy atom. The van der Waals surface area contributed by atoms with Gasteiger partial charge in [-0.3, -0.25) is 4.79 Å². The van der Waals surface area contributed by atoms with E-state index in [0.29, 0.717) is 16.9 Å². The average Bonchev–Trinajstić information content (AvgIpc) is 2.67. The van der Waals surface area contributed by atoms with Gasteiger partial charge in [0.25, 0.3) is 5.91 Å². The van der Waals surface area contributed by atoms with Crippen LogP contribution in [0.4, 0.5) is 11.4 Å². The van der Waals surface area contributed by atoms with E-state index in [1.54, 1.807) is 11.9 Å². The Morgan fingerprint density at radius 2 is 2.10 bits per heavy atom. The smallest absolute Gasteiger partial charge is 0.260 e. The number of anilines is 2. The van der Waals surface area contributed by atoms with Crippen molar-refractivity contribution in [2.75, 3.05) is 29.1 Å². The number of nitrogens with zero attached hydrogens (tertiary/aromatic N) is 2. The molecule has 2 aliphatic heterocycles. The lowest BCUT2D eigenvalue weighted by atomic mass is 10.1. The molecule has 1 fully saturated rings. The van der Waals surface area contributed by atoms with Crippen LogP contribution in [0.5, 0.6) is 0 Å². The lowest BCUT2D eigenvalue weighted by Crippen LogP contribution is -2.44. The van der Waals surface area contributed by atoms with Crippen LogP contribution in [-0.4, -0.2) is 41.7 Å². The van der Waals surface area contributed by atoms with E-state index in [9.17, 15) is 9.90 Å². The zero-order valence-corrected chi connectivity index (χ0v) is 12.9. The van der Waals surface area contributed by atoms with Crippen molar-refractivity contribution >= 4 is 29.0 Å². The summed E-state index contributed by atoms with van der Waals surface area (Å²) in [4.78, 5) is 15.8. The highest BCUT2D eigenvalue weighted by molar-refractivity contribution is 8.00. The molecule has 1 aromatic rings. The molecule has 0 saturated carbocycles. The van der Waals surface area contributed by atoms with Crippen molar-refractivity contribution in [2.24, 2.45) is 0 Å². The largest absolute Gasteiger partial charge is 0.378 e. The fraction of sp³-hybridized carbons (Fsp3) is 0.533. The Hall–Kier alpha value is -1.20. The Labute approximate surface area is 123 Å². The van der Waals surface area contributed by atoms with E-state index in [1.165, 1.54) is 0 Å². The number of aliphatic hydroxyl groups is 1. The van der Waals surface area contributed by atoms with Crippen LogP contribution in [0.15, 0.2) is 18.2 Å². The molecule has 0 aliphatic carbocycles. The SMILES string of the molecule is CC1SCCN(c2ccc3c(c2)N(C)C(=O)C3O)C1C. The zero-order chi connectivity index (χ0) is 14.4. The average molecular weight is 292 g/mol. The van der Waals surface area contributed by atoms with Crippen molar-refractivity contribution in [3.8, 4) is 0 Å². The number of carbonyl (C=O) groups excluding carboxylic acids is 1. The summed E-state index contributed by atoms with van der Waals surface area (Å²) in [5.74, 6) is 0.882. The first-order valence-electron chi connectivity index (χ1n) is 6.98. The summed E-state index contributed by atoms with van der Waals surface area (Å²) in [5.41, 5.74) is 2.68. The monoisotopic (exact) mass is 292 g/mol. The maximum atomic E-state index is 11.8. The van der Waals surface area contributed by atoms with Gasteiger partial charge in [0.15, 0.2) is 6.10 Å². The predicted octanol–water partition coefficient (Wildman–Crippen LogP) is 2.03. The first kappa shape index (κ1) is 13.8. The van der Waals surface area contributed by atoms with Gasteiger partial charge in [0.05, 0.1) is 5.69 Å². The highest BCUT2D eigenvalue weighted by Crippen LogP contribution is 2.39. The molecule has 2 aliphatic rings. The number of aliphatic hydroxyl groups excluding tert-OH is 1. The number of carbonyl (C=O) groups is 1. The quantitative estimate of drug-likeness (QED) is 0.860. The van der Waals surface area contributed by atoms with Gasteiger partial charge in [-0.2, -0.15) is 11.8 Å². The number of amides is 1. The fourth-order valence-corrected chi connectivity index (χ4v) is 4.06. The molecule has 108 valence electrons. The molecular weight excluding hydrogens is 272 g/mol. The minimum atomic E-state index is -1.00. The van der Waals surface area contributed by atoms with Gasteiger partial charge < -0.3 is 14.9 Å². The van der Waals surface area contributed by atoms with Crippen molar-refractivity contribution in [1.82, 2.24) is 0 Å². The summed E-state index contributed by atoms with van der Waals surface area (Å²) in [6.45, 7) is 5.53. The van der Waals surface area contributed by atoms with Gasteiger partial charge in [0, 0.05) is 41.9 Å². The molecule has 3 atom stereocenters. The van der Waals surface area contributed by atoms with Gasteiger partial charge in [0.1, 0.15) is 0 Å². The number of benzene rings is 1. The van der Waals surface area contributed by atoms with Crippen molar-refractivity contribution < 1.29 is 9.90 Å². The van der Waals surface area contributed by atoms with Gasteiger partial charge in [-0.25, -0.2) is 0 Å². The molecule has 0 bridgehead atoms. The molecule has 0 spiro atoms. The van der Waals surface area contributed by atoms with Gasteiger partial charge in [-0.15, -0.1) is 0 Å². The van der Waals surface area contributed by atoms with E-state index in [4.69, 9.17) is 0 Å². The first-order chi connectivity index (χ1) is 9.50. The van der Waals surface area contributed by atoms with Crippen LogP contribution >= 0.6 is 11.8 Å². The molecule has 2 heterocycles. The number of thioether (sulfide) groups is 1. The van der Waals surface area contributed by atoms with Gasteiger partial charge in [-0.05, 0) is 19.1 Å². The Bertz CT molecular complexity index is 549. The molecule has 1 saturated heterocycles. The van der Waals surface area contributed by atoms with E-state index in [0.717, 1.165) is 23.7 Å². The van der Waals surface area contributed by atoms with E-state index in [1.807, 2.05) is 30.0 Å². The normalized spacial score (nSPS) is 29.8. The maximum absolute atomic E-state index is 11.8. The molecule has 3 rings (SSSR count). The number of hydrogen-bond donors (Lipinski definition) is 1. The first-order valence-corrected chi connectivity index (χ1v) is 8.03. The minimum Gasteiger partial charge on any atom is -0.378 e. The number of fused-ring (bicyclic) bond motifs is 1. The third-order valence-corrected chi connectivity index (χ3v) is 5.79. The molecule has 0 aromatic heterocycles. The molecular formula is C15H20N2O2S. The van der Waals surface area contributed by atoms with Crippen LogP contribution < -0.4 is 9.80 Å². The van der Waals surface area contributed by atoms with E-state index < -0.39 is 6.10 Å². The number of likely N-dealkylation sites (N-methyl/N-ethyl adjacent to an activating group) is 1. The third kappa shape index (κ3) is 2.00. The molecule has 1 aromatic carbocycles. The standard InChI is InChI=1S/C15H20N2O2S/c1-9-10(2)20-7-6-17(9)11-4-5-12-13(8-11)16(3)15(19)14(12)18/h4-5,8-10,14,18H,6-7H2,1-3H3. The van der Waals surface area contributed by atoms with Crippen LogP contribution in [0.2, 0.25) is 0 Å². The lowest BCUT2D eigenvalue weighted by Gasteiger charge is -2.39. The van der Waals surface area contributed by atoms with E-state index >= 15 is 0 Å². The summed E-state index contributed by atoms with van der Waals surface area (Å²) in [6.07, 6.45) is -1.00. The van der Waals surface area contributed by atoms with E-state index in [2.05, 4.69) is 18.7 Å². The molecule has 20 heavy (non-hydrogen) atoms. The van der Waals surface area contributed by atoms with E-state index in [-0.39, 0.29) is 5.91 Å². The maximum Gasteiger partial charge on any atom is 0.260 e. The van der Waals surface area contributed by atoms with Gasteiger partial charge >= 0.3 is 0 Å². The van der Waals surface area contributed by atoms with Crippen LogP contribution in [-0.2, 0) is 4.79 Å². The van der Waals surface area contributed by atoms with Gasteiger partial charge in [0.2, 0.25) is 0 Å². The molecule has 3 unspecified atom stereocenters. The number of hydrogen-bond acceptors (Lipinski definition) is 4. The van der Waals surface area contributed by atoms with Crippen molar-refractivity contribution in [3.05, 3.63) is 23.8 Å². The molecule has 1 N–H and O–H groups in total. The summed E-state index contributed by atoms with van der Waals surface area (Å²) in [7, 11) is 1.72. The highest BCUT2D eigenvalue weighted by Gasteiger charge is 2.34. The molecule has 5 heteroatoms. The second-order valence-electron chi connectivity index (χ2n) is 5.55. The lowest BCUT2D eigenvalue weighted by molar-refractivity contribution is -0.125. The van der Waals surface area contributed by atoms with Crippen LogP contribution in [0.25, 0.3) is 0 Å². The highest BCUT2D eigenvalue weighted by atomic mass is 32.2. The van der Waals surface area contributed by atoms with Gasteiger partial charge in [-0.1, -0.05) is 13.0 Å². The second kappa shape index (κ2) is 4.97. The van der Waals surface area contributed by atoms with Crippen molar-refractivity contribution in [2.45, 2.75) is 31.2 Å². The fourth-order valence-electron chi connectivity index (χ4n) is 2.97. The summed E-state index contributed by atoms with van der Waals surface area (Å²) in [5, 5.41) is 10.5. The molecule has 1 amide bonds. The summed E-state index contributed by atoms with van der Waals surface area (Å²) >= 11 is 2.01. The molecule has 4 nitrogen and oxygen atoms in total. The van der Waals surface area contributed by atoms with Crippen molar-refractivity contribution in [3.63, 3.8) is 0 Å². The predicted molar refractivity (Wildman–Crippen MR) is 83.5 cm³/mol. The Morgan fingerprint density at radius 1 is 1.35 bits per heavy atom. The van der Waals surface area contributed by atoms with Crippen LogP contribution in [0.3, 0.4) is 0 Å². The number of rotatable bonds is 1. The molecule has 0 radical (unpaired) electrons. The Balaban J connectivity index is 1.96. The minimum absolute atomic E-state index is 0.243. The summed E-state index contributed by atoms with van der Waals surface area (Å²) < 4.78 is 0. The topological polar surface area (TPSA) is 43.8 Å². The Kier molecular flexibility index (Phi) is 3.42. The third-order valence-electron chi connectivity index (χ3n) is 4.45. The zero-order valence-electron chi connectivity index (χ0n) is 12.0. The van der Waals surface area contributed by atoms with Crippen LogP contribution in [0, 0.1) is 0 Å².